The number of halogens is 1. The van der Waals surface area contributed by atoms with Gasteiger partial charge in [-0.2, -0.15) is 0 Å². The van der Waals surface area contributed by atoms with Crippen LogP contribution in [0.2, 0.25) is 0 Å². The Bertz CT molecular complexity index is 705. The van der Waals surface area contributed by atoms with E-state index in [9.17, 15) is 14.0 Å². The lowest BCUT2D eigenvalue weighted by molar-refractivity contribution is -0.120. The van der Waals surface area contributed by atoms with Gasteiger partial charge >= 0.3 is 0 Å². The number of anilines is 1. The Morgan fingerprint density at radius 1 is 1.45 bits per heavy atom. The molecule has 0 unspecified atom stereocenters. The van der Waals surface area contributed by atoms with E-state index >= 15 is 0 Å². The molecule has 3 rings (SSSR count). The zero-order chi connectivity index (χ0) is 15.7. The van der Waals surface area contributed by atoms with Gasteiger partial charge in [-0.25, -0.2) is 9.37 Å². The zero-order valence-electron chi connectivity index (χ0n) is 11.9. The Labute approximate surface area is 131 Å². The highest BCUT2D eigenvalue weighted by atomic mass is 32.1. The third-order valence-electron chi connectivity index (χ3n) is 3.76. The number of carbonyl (C=O) groups excluding carboxylic acids is 2. The monoisotopic (exact) mass is 319 g/mol. The topological polar surface area (TPSA) is 53.5 Å². The number of amides is 2. The molecular weight excluding hydrogens is 305 g/mol. The Morgan fingerprint density at radius 3 is 2.91 bits per heavy atom. The molecule has 1 aromatic heterocycles. The number of rotatable bonds is 3. The first-order valence-electron chi connectivity index (χ1n) is 6.81. The quantitative estimate of drug-likeness (QED) is 0.871. The summed E-state index contributed by atoms with van der Waals surface area (Å²) in [5.74, 6) is -1.00. The molecule has 0 N–H and O–H groups in total. The number of hydrogen-bond acceptors (Lipinski definition) is 4. The highest BCUT2D eigenvalue weighted by molar-refractivity contribution is 7.07. The lowest BCUT2D eigenvalue weighted by atomic mass is 10.2. The lowest BCUT2D eigenvalue weighted by Gasteiger charge is -2.23. The molecule has 0 spiro atoms. The predicted octanol–water partition coefficient (Wildman–Crippen LogP) is 2.16. The van der Waals surface area contributed by atoms with Crippen molar-refractivity contribution in [2.45, 2.75) is 12.5 Å². The molecule has 1 aromatic carbocycles. The fourth-order valence-electron chi connectivity index (χ4n) is 2.57. The standard InChI is InChI=1S/C15H14FN3O2S/c1-18(14(20)11-8-22-9-17-11)13-6-7-19(15(13)21)12-5-3-2-4-10(12)16/h2-5,8-9,13H,6-7H2,1H3/t13-/m0/s1. The van der Waals surface area contributed by atoms with Crippen molar-refractivity contribution in [2.75, 3.05) is 18.5 Å². The van der Waals surface area contributed by atoms with Gasteiger partial charge in [0.1, 0.15) is 17.6 Å². The number of nitrogens with zero attached hydrogens (tertiary/aromatic N) is 3. The molecule has 7 heteroatoms. The van der Waals surface area contributed by atoms with E-state index in [4.69, 9.17) is 0 Å². The van der Waals surface area contributed by atoms with Gasteiger partial charge in [0.25, 0.3) is 5.91 Å². The second-order valence-electron chi connectivity index (χ2n) is 5.04. The summed E-state index contributed by atoms with van der Waals surface area (Å²) in [6.07, 6.45) is 0.472. The largest absolute Gasteiger partial charge is 0.328 e. The van der Waals surface area contributed by atoms with Crippen molar-refractivity contribution in [3.8, 4) is 0 Å². The fraction of sp³-hybridized carbons (Fsp3) is 0.267. The second kappa shape index (κ2) is 5.84. The summed E-state index contributed by atoms with van der Waals surface area (Å²) >= 11 is 1.32. The SMILES string of the molecule is CN(C(=O)c1cscn1)[C@H]1CCN(c2ccccc2F)C1=O. The van der Waals surface area contributed by atoms with Crippen molar-refractivity contribution in [2.24, 2.45) is 0 Å². The summed E-state index contributed by atoms with van der Waals surface area (Å²) in [5.41, 5.74) is 2.15. The van der Waals surface area contributed by atoms with Crippen molar-refractivity contribution < 1.29 is 14.0 Å². The van der Waals surface area contributed by atoms with Crippen molar-refractivity contribution in [3.05, 3.63) is 46.7 Å². The van der Waals surface area contributed by atoms with Gasteiger partial charge < -0.3 is 9.80 Å². The third kappa shape index (κ3) is 2.48. The first-order valence-corrected chi connectivity index (χ1v) is 7.75. The zero-order valence-corrected chi connectivity index (χ0v) is 12.7. The average Bonchev–Trinajstić information content (AvgIpc) is 3.16. The number of para-hydroxylation sites is 1. The van der Waals surface area contributed by atoms with Gasteiger partial charge in [-0.15, -0.1) is 11.3 Å². The van der Waals surface area contributed by atoms with E-state index in [1.165, 1.54) is 27.2 Å². The van der Waals surface area contributed by atoms with Gasteiger partial charge in [-0.1, -0.05) is 12.1 Å². The van der Waals surface area contributed by atoms with Crippen LogP contribution >= 0.6 is 11.3 Å². The maximum atomic E-state index is 13.8. The maximum absolute atomic E-state index is 13.8. The molecule has 1 aliphatic rings. The molecule has 2 aromatic rings. The molecule has 1 fully saturated rings. The van der Waals surface area contributed by atoms with Crippen LogP contribution < -0.4 is 4.90 Å². The molecular formula is C15H14FN3O2S. The summed E-state index contributed by atoms with van der Waals surface area (Å²) in [5, 5.41) is 1.65. The highest BCUT2D eigenvalue weighted by Gasteiger charge is 2.38. The summed E-state index contributed by atoms with van der Waals surface area (Å²) < 4.78 is 13.8. The van der Waals surface area contributed by atoms with E-state index < -0.39 is 11.9 Å². The molecule has 0 radical (unpaired) electrons. The minimum Gasteiger partial charge on any atom is -0.328 e. The fourth-order valence-corrected chi connectivity index (χ4v) is 3.10. The molecule has 2 amide bonds. The highest BCUT2D eigenvalue weighted by Crippen LogP contribution is 2.26. The minimum absolute atomic E-state index is 0.254. The van der Waals surface area contributed by atoms with Gasteiger partial charge in [-0.3, -0.25) is 9.59 Å². The molecule has 1 atom stereocenters. The first-order chi connectivity index (χ1) is 10.6. The van der Waals surface area contributed by atoms with E-state index in [2.05, 4.69) is 4.98 Å². The van der Waals surface area contributed by atoms with Crippen LogP contribution in [0.15, 0.2) is 35.2 Å². The van der Waals surface area contributed by atoms with Gasteiger partial charge in [0.05, 0.1) is 11.2 Å². The van der Waals surface area contributed by atoms with Crippen LogP contribution in [0.4, 0.5) is 10.1 Å². The summed E-state index contributed by atoms with van der Waals surface area (Å²) in [6, 6.07) is 5.56. The molecule has 0 bridgehead atoms. The number of benzene rings is 1. The second-order valence-corrected chi connectivity index (χ2v) is 5.75. The van der Waals surface area contributed by atoms with Crippen LogP contribution in [0.3, 0.4) is 0 Å². The van der Waals surface area contributed by atoms with E-state index in [-0.39, 0.29) is 17.5 Å². The lowest BCUT2D eigenvalue weighted by Crippen LogP contribution is -2.43. The summed E-state index contributed by atoms with van der Waals surface area (Å²) in [6.45, 7) is 0.388. The number of likely N-dealkylation sites (N-methyl/N-ethyl adjacent to an activating group) is 1. The van der Waals surface area contributed by atoms with E-state index in [0.29, 0.717) is 18.7 Å². The van der Waals surface area contributed by atoms with E-state index in [1.54, 1.807) is 36.1 Å². The Kier molecular flexibility index (Phi) is 3.89. The number of hydrogen-bond donors (Lipinski definition) is 0. The Balaban J connectivity index is 1.79. The molecule has 114 valence electrons. The van der Waals surface area contributed by atoms with Crippen molar-refractivity contribution in [1.82, 2.24) is 9.88 Å². The normalized spacial score (nSPS) is 17.8. The minimum atomic E-state index is -0.589. The molecule has 1 aliphatic heterocycles. The van der Waals surface area contributed by atoms with Crippen molar-refractivity contribution in [1.29, 1.82) is 0 Å². The van der Waals surface area contributed by atoms with Crippen LogP contribution in [0.1, 0.15) is 16.9 Å². The molecule has 1 saturated heterocycles. The van der Waals surface area contributed by atoms with Crippen molar-refractivity contribution in [3.63, 3.8) is 0 Å². The van der Waals surface area contributed by atoms with Gasteiger partial charge in [0.2, 0.25) is 5.91 Å². The summed E-state index contributed by atoms with van der Waals surface area (Å²) in [7, 11) is 1.58. The Hall–Kier alpha value is -2.28. The molecule has 22 heavy (non-hydrogen) atoms. The van der Waals surface area contributed by atoms with Crippen molar-refractivity contribution >= 4 is 28.8 Å². The molecule has 0 saturated carbocycles. The molecule has 0 aliphatic carbocycles. The van der Waals surface area contributed by atoms with E-state index in [1.807, 2.05) is 0 Å². The van der Waals surface area contributed by atoms with Crippen LogP contribution in [0, 0.1) is 5.82 Å². The van der Waals surface area contributed by atoms with E-state index in [0.717, 1.165) is 0 Å². The van der Waals surface area contributed by atoms with Crippen LogP contribution in [-0.2, 0) is 4.79 Å². The molecule has 5 nitrogen and oxygen atoms in total. The number of thiazole rings is 1. The average molecular weight is 319 g/mol. The van der Waals surface area contributed by atoms with Crippen LogP contribution in [-0.4, -0.2) is 41.3 Å². The van der Waals surface area contributed by atoms with Crippen LogP contribution in [0.25, 0.3) is 0 Å². The Morgan fingerprint density at radius 2 is 2.23 bits per heavy atom. The van der Waals surface area contributed by atoms with Gasteiger partial charge in [0, 0.05) is 19.0 Å². The van der Waals surface area contributed by atoms with Gasteiger partial charge in [-0.05, 0) is 18.6 Å². The maximum Gasteiger partial charge on any atom is 0.273 e. The first kappa shape index (κ1) is 14.6. The third-order valence-corrected chi connectivity index (χ3v) is 4.35. The smallest absolute Gasteiger partial charge is 0.273 e. The molecule has 2 heterocycles. The van der Waals surface area contributed by atoms with Crippen LogP contribution in [0.5, 0.6) is 0 Å². The number of carbonyl (C=O) groups is 2. The predicted molar refractivity (Wildman–Crippen MR) is 81.4 cm³/mol. The van der Waals surface area contributed by atoms with Gasteiger partial charge in [0.15, 0.2) is 0 Å². The number of aromatic nitrogens is 1. The summed E-state index contributed by atoms with van der Waals surface area (Å²) in [4.78, 5) is 31.5.